The first-order chi connectivity index (χ1) is 12.5. The number of carbonyl (C=O) groups excluding carboxylic acids is 1. The van der Waals surface area contributed by atoms with Crippen molar-refractivity contribution in [3.8, 4) is 11.5 Å². The smallest absolute Gasteiger partial charge is 0.226 e. The number of carbonyl (C=O) groups is 1. The summed E-state index contributed by atoms with van der Waals surface area (Å²) in [4.78, 5) is 19.2. The number of hydrogen-bond acceptors (Lipinski definition) is 4. The molecule has 3 heterocycles. The lowest BCUT2D eigenvalue weighted by Gasteiger charge is -2.26. The van der Waals surface area contributed by atoms with Crippen LogP contribution >= 0.6 is 0 Å². The van der Waals surface area contributed by atoms with Crippen LogP contribution in [0.5, 0.6) is 0 Å². The van der Waals surface area contributed by atoms with Crippen LogP contribution in [0.25, 0.3) is 11.5 Å². The van der Waals surface area contributed by atoms with Gasteiger partial charge in [0.1, 0.15) is 11.5 Å². The second-order valence-corrected chi connectivity index (χ2v) is 7.59. The molecule has 2 aromatic rings. The van der Waals surface area contributed by atoms with Gasteiger partial charge in [-0.25, -0.2) is 4.98 Å². The number of amides is 1. The minimum absolute atomic E-state index is 0.0731. The molecule has 1 spiro atoms. The van der Waals surface area contributed by atoms with Crippen LogP contribution in [-0.4, -0.2) is 34.5 Å². The standard InChI is InChI=1S/C21H26N2O3/c1-15-4-6-17(7-5-15)20-22-18(16(2)26-20)14-23-12-11-21(9-3-13-25-21)10-8-19(23)24/h4-7H,3,8-14H2,1-2H3/t21-/m0/s1. The van der Waals surface area contributed by atoms with Crippen molar-refractivity contribution >= 4 is 5.91 Å². The molecule has 2 aliphatic rings. The highest BCUT2D eigenvalue weighted by atomic mass is 16.5. The second kappa shape index (κ2) is 6.88. The summed E-state index contributed by atoms with van der Waals surface area (Å²) in [6.45, 7) is 6.04. The van der Waals surface area contributed by atoms with Crippen LogP contribution in [0.3, 0.4) is 0 Å². The second-order valence-electron chi connectivity index (χ2n) is 7.59. The van der Waals surface area contributed by atoms with Crippen molar-refractivity contribution in [2.24, 2.45) is 0 Å². The van der Waals surface area contributed by atoms with E-state index >= 15 is 0 Å². The molecule has 1 atom stereocenters. The first-order valence-electron chi connectivity index (χ1n) is 9.50. The first kappa shape index (κ1) is 17.3. The summed E-state index contributed by atoms with van der Waals surface area (Å²) < 4.78 is 11.9. The molecular weight excluding hydrogens is 328 g/mol. The van der Waals surface area contributed by atoms with Crippen molar-refractivity contribution in [3.63, 3.8) is 0 Å². The van der Waals surface area contributed by atoms with Crippen LogP contribution in [0, 0.1) is 13.8 Å². The topological polar surface area (TPSA) is 55.6 Å². The number of oxazole rings is 1. The van der Waals surface area contributed by atoms with E-state index < -0.39 is 0 Å². The Morgan fingerprint density at radius 1 is 1.15 bits per heavy atom. The van der Waals surface area contributed by atoms with Crippen LogP contribution in [-0.2, 0) is 16.1 Å². The molecule has 1 aromatic heterocycles. The molecule has 0 aliphatic carbocycles. The van der Waals surface area contributed by atoms with E-state index in [0.29, 0.717) is 18.9 Å². The Bertz CT molecular complexity index is 788. The minimum atomic E-state index is -0.0731. The maximum atomic E-state index is 12.6. The van der Waals surface area contributed by atoms with Crippen molar-refractivity contribution in [2.45, 2.75) is 58.1 Å². The average Bonchev–Trinajstić information content (AvgIpc) is 3.20. The lowest BCUT2D eigenvalue weighted by Crippen LogP contribution is -2.32. The monoisotopic (exact) mass is 354 g/mol. The Labute approximate surface area is 154 Å². The van der Waals surface area contributed by atoms with E-state index in [-0.39, 0.29) is 11.5 Å². The quantitative estimate of drug-likeness (QED) is 0.835. The van der Waals surface area contributed by atoms with Crippen LogP contribution in [0.4, 0.5) is 0 Å². The zero-order valence-electron chi connectivity index (χ0n) is 15.6. The van der Waals surface area contributed by atoms with Gasteiger partial charge in [0, 0.05) is 25.1 Å². The Hall–Kier alpha value is -2.14. The number of aromatic nitrogens is 1. The van der Waals surface area contributed by atoms with E-state index in [1.807, 2.05) is 36.1 Å². The highest BCUT2D eigenvalue weighted by molar-refractivity contribution is 5.76. The van der Waals surface area contributed by atoms with E-state index in [1.165, 1.54) is 5.56 Å². The molecule has 2 aliphatic heterocycles. The van der Waals surface area contributed by atoms with Crippen LogP contribution in [0.15, 0.2) is 28.7 Å². The van der Waals surface area contributed by atoms with Crippen molar-refractivity contribution in [2.75, 3.05) is 13.2 Å². The first-order valence-corrected chi connectivity index (χ1v) is 9.50. The number of aryl methyl sites for hydroxylation is 2. The molecule has 0 unspecified atom stereocenters. The van der Waals surface area contributed by atoms with Gasteiger partial charge in [-0.15, -0.1) is 0 Å². The number of hydrogen-bond donors (Lipinski definition) is 0. The van der Waals surface area contributed by atoms with Crippen LogP contribution in [0.2, 0.25) is 0 Å². The molecule has 138 valence electrons. The fraction of sp³-hybridized carbons (Fsp3) is 0.524. The summed E-state index contributed by atoms with van der Waals surface area (Å²) in [6.07, 6.45) is 4.50. The maximum Gasteiger partial charge on any atom is 0.226 e. The highest BCUT2D eigenvalue weighted by Gasteiger charge is 2.38. The molecule has 0 N–H and O–H groups in total. The Balaban J connectivity index is 1.50. The summed E-state index contributed by atoms with van der Waals surface area (Å²) in [7, 11) is 0. The number of ether oxygens (including phenoxy) is 1. The predicted molar refractivity (Wildman–Crippen MR) is 98.6 cm³/mol. The van der Waals surface area contributed by atoms with Crippen molar-refractivity contribution < 1.29 is 13.9 Å². The number of rotatable bonds is 3. The van der Waals surface area contributed by atoms with Gasteiger partial charge in [-0.2, -0.15) is 0 Å². The Morgan fingerprint density at radius 2 is 1.96 bits per heavy atom. The SMILES string of the molecule is Cc1ccc(-c2nc(CN3CC[C@]4(CCCO4)CCC3=O)c(C)o2)cc1. The molecule has 1 aromatic carbocycles. The molecule has 0 radical (unpaired) electrons. The van der Waals surface area contributed by atoms with Crippen molar-refractivity contribution in [1.29, 1.82) is 0 Å². The van der Waals surface area contributed by atoms with Crippen molar-refractivity contribution in [1.82, 2.24) is 9.88 Å². The Kier molecular flexibility index (Phi) is 4.57. The third kappa shape index (κ3) is 3.40. The summed E-state index contributed by atoms with van der Waals surface area (Å²) in [5.74, 6) is 1.59. The fourth-order valence-electron chi connectivity index (χ4n) is 3.97. The molecule has 26 heavy (non-hydrogen) atoms. The van der Waals surface area contributed by atoms with Gasteiger partial charge in [0.15, 0.2) is 0 Å². The van der Waals surface area contributed by atoms with Crippen LogP contribution < -0.4 is 0 Å². The van der Waals surface area contributed by atoms with Gasteiger partial charge in [0.25, 0.3) is 0 Å². The lowest BCUT2D eigenvalue weighted by atomic mass is 9.92. The molecule has 5 heteroatoms. The predicted octanol–water partition coefficient (Wildman–Crippen LogP) is 4.02. The van der Waals surface area contributed by atoms with Crippen LogP contribution in [0.1, 0.15) is 49.1 Å². The molecule has 4 rings (SSSR count). The summed E-state index contributed by atoms with van der Waals surface area (Å²) in [5, 5.41) is 0. The molecule has 1 amide bonds. The highest BCUT2D eigenvalue weighted by Crippen LogP contribution is 2.36. The molecular formula is C21H26N2O3. The molecule has 0 bridgehead atoms. The molecule has 0 saturated carbocycles. The van der Waals surface area contributed by atoms with Gasteiger partial charge in [-0.1, -0.05) is 17.7 Å². The van der Waals surface area contributed by atoms with Crippen molar-refractivity contribution in [3.05, 3.63) is 41.3 Å². The largest absolute Gasteiger partial charge is 0.441 e. The van der Waals surface area contributed by atoms with Gasteiger partial charge in [0.2, 0.25) is 11.8 Å². The van der Waals surface area contributed by atoms with E-state index in [2.05, 4.69) is 11.9 Å². The van der Waals surface area contributed by atoms with E-state index in [1.54, 1.807) is 0 Å². The lowest BCUT2D eigenvalue weighted by molar-refractivity contribution is -0.131. The van der Waals surface area contributed by atoms with Gasteiger partial charge < -0.3 is 14.1 Å². The summed E-state index contributed by atoms with van der Waals surface area (Å²) in [5.41, 5.74) is 2.94. The average molecular weight is 354 g/mol. The Morgan fingerprint density at radius 3 is 2.69 bits per heavy atom. The number of benzene rings is 1. The van der Waals surface area contributed by atoms with Gasteiger partial charge in [-0.05, 0) is 51.7 Å². The normalized spacial score (nSPS) is 23.6. The van der Waals surface area contributed by atoms with E-state index in [4.69, 9.17) is 9.15 Å². The third-order valence-corrected chi connectivity index (χ3v) is 5.70. The van der Waals surface area contributed by atoms with Gasteiger partial charge >= 0.3 is 0 Å². The third-order valence-electron chi connectivity index (χ3n) is 5.70. The van der Waals surface area contributed by atoms with Gasteiger partial charge in [-0.3, -0.25) is 4.79 Å². The fourth-order valence-corrected chi connectivity index (χ4v) is 3.97. The summed E-state index contributed by atoms with van der Waals surface area (Å²) in [6, 6.07) is 8.13. The molecule has 2 fully saturated rings. The number of nitrogens with zero attached hydrogens (tertiary/aromatic N) is 2. The minimum Gasteiger partial charge on any atom is -0.441 e. The van der Waals surface area contributed by atoms with Gasteiger partial charge in [0.05, 0.1) is 12.1 Å². The maximum absolute atomic E-state index is 12.6. The van der Waals surface area contributed by atoms with E-state index in [0.717, 1.165) is 55.9 Å². The molecule has 5 nitrogen and oxygen atoms in total. The molecule has 2 saturated heterocycles. The zero-order valence-corrected chi connectivity index (χ0v) is 15.6. The summed E-state index contributed by atoms with van der Waals surface area (Å²) >= 11 is 0. The number of likely N-dealkylation sites (tertiary alicyclic amines) is 1. The van der Waals surface area contributed by atoms with E-state index in [9.17, 15) is 4.79 Å². The zero-order chi connectivity index (χ0) is 18.1.